The molecule has 18 heavy (non-hydrogen) atoms. The number of ether oxygens (including phenoxy) is 2. The molecule has 1 N–H and O–H groups in total. The predicted octanol–water partition coefficient (Wildman–Crippen LogP) is 2.86. The van der Waals surface area contributed by atoms with Crippen molar-refractivity contribution >= 4 is 11.6 Å². The average molecular weight is 268 g/mol. The maximum atomic E-state index is 6.07. The van der Waals surface area contributed by atoms with Crippen LogP contribution < -0.4 is 5.32 Å². The lowest BCUT2D eigenvalue weighted by Gasteiger charge is -2.30. The Labute approximate surface area is 112 Å². The van der Waals surface area contributed by atoms with Crippen molar-refractivity contribution in [2.45, 2.75) is 38.3 Å². The van der Waals surface area contributed by atoms with E-state index in [0.29, 0.717) is 13.2 Å². The molecule has 4 heteroatoms. The zero-order valence-electron chi connectivity index (χ0n) is 10.4. The van der Waals surface area contributed by atoms with Gasteiger partial charge >= 0.3 is 0 Å². The van der Waals surface area contributed by atoms with Crippen LogP contribution in [0.1, 0.15) is 30.4 Å². The monoisotopic (exact) mass is 267 g/mol. The van der Waals surface area contributed by atoms with Crippen LogP contribution in [-0.2, 0) is 22.7 Å². The van der Waals surface area contributed by atoms with E-state index in [-0.39, 0.29) is 0 Å². The van der Waals surface area contributed by atoms with E-state index in [1.165, 1.54) is 5.56 Å². The van der Waals surface area contributed by atoms with Crippen LogP contribution >= 0.6 is 11.6 Å². The molecule has 2 aliphatic heterocycles. The largest absolute Gasteiger partial charge is 0.345 e. The van der Waals surface area contributed by atoms with Crippen LogP contribution in [0.4, 0.5) is 0 Å². The molecule has 1 aromatic rings. The van der Waals surface area contributed by atoms with Crippen molar-refractivity contribution in [3.05, 3.63) is 34.3 Å². The highest BCUT2D eigenvalue weighted by atomic mass is 35.5. The Hall–Kier alpha value is -0.610. The number of halogens is 1. The Bertz CT molecular complexity index is 428. The van der Waals surface area contributed by atoms with Gasteiger partial charge in [-0.15, -0.1) is 0 Å². The fourth-order valence-electron chi connectivity index (χ4n) is 2.63. The highest BCUT2D eigenvalue weighted by Crippen LogP contribution is 2.32. The lowest BCUT2D eigenvalue weighted by Crippen LogP contribution is -2.35. The molecule has 1 aromatic carbocycles. The van der Waals surface area contributed by atoms with Gasteiger partial charge in [0.25, 0.3) is 0 Å². The maximum Gasteiger partial charge on any atom is 0.170 e. The molecular formula is C14H18ClNO2. The molecule has 1 fully saturated rings. The third-order valence-electron chi connectivity index (χ3n) is 3.74. The topological polar surface area (TPSA) is 30.5 Å². The number of hydrogen-bond donors (Lipinski definition) is 1. The van der Waals surface area contributed by atoms with Gasteiger partial charge in [-0.3, -0.25) is 0 Å². The van der Waals surface area contributed by atoms with E-state index in [9.17, 15) is 0 Å². The Kier molecular flexibility index (Phi) is 3.57. The normalized spacial score (nSPS) is 28.5. The van der Waals surface area contributed by atoms with E-state index in [2.05, 4.69) is 5.32 Å². The summed E-state index contributed by atoms with van der Waals surface area (Å²) in [6.45, 7) is 3.22. The highest BCUT2D eigenvalue weighted by Gasteiger charge is 2.35. The summed E-state index contributed by atoms with van der Waals surface area (Å²) in [4.78, 5) is 0. The molecule has 0 bridgehead atoms. The van der Waals surface area contributed by atoms with Gasteiger partial charge in [0.2, 0.25) is 0 Å². The average Bonchev–Trinajstić information content (AvgIpc) is 2.70. The predicted molar refractivity (Wildman–Crippen MR) is 70.5 cm³/mol. The molecule has 0 saturated carbocycles. The minimum atomic E-state index is -0.408. The summed E-state index contributed by atoms with van der Waals surface area (Å²) in [5.41, 5.74) is 2.34. The van der Waals surface area contributed by atoms with Crippen LogP contribution in [0.25, 0.3) is 0 Å². The minimum absolute atomic E-state index is 0.408. The molecule has 0 aromatic heterocycles. The third kappa shape index (κ3) is 2.54. The van der Waals surface area contributed by atoms with Gasteiger partial charge < -0.3 is 14.8 Å². The summed E-state index contributed by atoms with van der Waals surface area (Å²) < 4.78 is 12.1. The van der Waals surface area contributed by atoms with E-state index < -0.39 is 5.79 Å². The fourth-order valence-corrected chi connectivity index (χ4v) is 2.82. The molecule has 2 heterocycles. The molecule has 1 spiro atoms. The van der Waals surface area contributed by atoms with Gasteiger partial charge in [-0.2, -0.15) is 0 Å². The van der Waals surface area contributed by atoms with Gasteiger partial charge in [0, 0.05) is 24.4 Å². The fraction of sp³-hybridized carbons (Fsp3) is 0.571. The lowest BCUT2D eigenvalue weighted by molar-refractivity contribution is -0.248. The van der Waals surface area contributed by atoms with E-state index in [4.69, 9.17) is 21.1 Å². The Morgan fingerprint density at radius 1 is 1.06 bits per heavy atom. The van der Waals surface area contributed by atoms with Crippen molar-refractivity contribution in [3.63, 3.8) is 0 Å². The SMILES string of the molecule is Clc1ccc2c(c1)COC1(CCCNCC1)OC2. The molecule has 1 unspecified atom stereocenters. The summed E-state index contributed by atoms with van der Waals surface area (Å²) >= 11 is 6.03. The zero-order valence-corrected chi connectivity index (χ0v) is 11.1. The number of hydrogen-bond acceptors (Lipinski definition) is 3. The molecule has 0 aliphatic carbocycles. The van der Waals surface area contributed by atoms with Gasteiger partial charge in [-0.25, -0.2) is 0 Å². The van der Waals surface area contributed by atoms with E-state index in [0.717, 1.165) is 42.9 Å². The summed E-state index contributed by atoms with van der Waals surface area (Å²) in [5.74, 6) is -0.408. The second-order valence-electron chi connectivity index (χ2n) is 5.00. The van der Waals surface area contributed by atoms with Crippen molar-refractivity contribution in [2.24, 2.45) is 0 Å². The van der Waals surface area contributed by atoms with Gasteiger partial charge in [0.1, 0.15) is 0 Å². The molecule has 0 amide bonds. The smallest absolute Gasteiger partial charge is 0.170 e. The molecule has 0 radical (unpaired) electrons. The Balaban J connectivity index is 1.81. The van der Waals surface area contributed by atoms with Crippen molar-refractivity contribution in [1.29, 1.82) is 0 Å². The summed E-state index contributed by atoms with van der Waals surface area (Å²) in [6, 6.07) is 5.93. The van der Waals surface area contributed by atoms with E-state index in [1.807, 2.05) is 18.2 Å². The number of rotatable bonds is 0. The molecule has 3 nitrogen and oxygen atoms in total. The summed E-state index contributed by atoms with van der Waals surface area (Å²) in [6.07, 6.45) is 2.97. The first kappa shape index (κ1) is 12.4. The zero-order chi connectivity index (χ0) is 12.4. The Morgan fingerprint density at radius 3 is 2.78 bits per heavy atom. The van der Waals surface area contributed by atoms with Crippen LogP contribution in [0.15, 0.2) is 18.2 Å². The van der Waals surface area contributed by atoms with Crippen LogP contribution in [0.5, 0.6) is 0 Å². The molecule has 98 valence electrons. The Morgan fingerprint density at radius 2 is 1.89 bits per heavy atom. The van der Waals surface area contributed by atoms with Gasteiger partial charge in [0.15, 0.2) is 5.79 Å². The van der Waals surface area contributed by atoms with Crippen molar-refractivity contribution in [3.8, 4) is 0 Å². The van der Waals surface area contributed by atoms with Crippen LogP contribution in [0, 0.1) is 0 Å². The summed E-state index contributed by atoms with van der Waals surface area (Å²) in [5, 5.41) is 4.15. The second-order valence-corrected chi connectivity index (χ2v) is 5.44. The maximum absolute atomic E-state index is 6.07. The van der Waals surface area contributed by atoms with Gasteiger partial charge in [-0.1, -0.05) is 17.7 Å². The van der Waals surface area contributed by atoms with Crippen LogP contribution in [-0.4, -0.2) is 18.9 Å². The molecule has 3 rings (SSSR count). The number of nitrogens with one attached hydrogen (secondary N) is 1. The standard InChI is InChI=1S/C14H18ClNO2/c15-13-3-2-11-9-17-14(18-10-12(11)8-13)4-1-6-16-7-5-14/h2-3,8,16H,1,4-7,9-10H2. The first-order chi connectivity index (χ1) is 8.77. The molecular weight excluding hydrogens is 250 g/mol. The van der Waals surface area contributed by atoms with Crippen molar-refractivity contribution < 1.29 is 9.47 Å². The minimum Gasteiger partial charge on any atom is -0.345 e. The molecule has 1 saturated heterocycles. The molecule has 1 atom stereocenters. The lowest BCUT2D eigenvalue weighted by atomic mass is 10.1. The highest BCUT2D eigenvalue weighted by molar-refractivity contribution is 6.30. The quantitative estimate of drug-likeness (QED) is 0.784. The summed E-state index contributed by atoms with van der Waals surface area (Å²) in [7, 11) is 0. The van der Waals surface area contributed by atoms with E-state index in [1.54, 1.807) is 0 Å². The van der Waals surface area contributed by atoms with Crippen molar-refractivity contribution in [2.75, 3.05) is 13.1 Å². The number of fused-ring (bicyclic) bond motifs is 1. The van der Waals surface area contributed by atoms with Gasteiger partial charge in [-0.05, 0) is 36.2 Å². The first-order valence-corrected chi connectivity index (χ1v) is 6.91. The number of benzene rings is 1. The van der Waals surface area contributed by atoms with Gasteiger partial charge in [0.05, 0.1) is 13.2 Å². The molecule has 2 aliphatic rings. The van der Waals surface area contributed by atoms with Crippen LogP contribution in [0.3, 0.4) is 0 Å². The third-order valence-corrected chi connectivity index (χ3v) is 3.98. The second kappa shape index (κ2) is 5.17. The van der Waals surface area contributed by atoms with Crippen molar-refractivity contribution in [1.82, 2.24) is 5.32 Å². The van der Waals surface area contributed by atoms with Crippen LogP contribution in [0.2, 0.25) is 5.02 Å². The first-order valence-electron chi connectivity index (χ1n) is 6.53. The van der Waals surface area contributed by atoms with E-state index >= 15 is 0 Å².